The van der Waals surface area contributed by atoms with Crippen LogP contribution in [0.25, 0.3) is 10.1 Å². The number of hydrogen-bond donors (Lipinski definition) is 1. The molecule has 0 spiro atoms. The van der Waals surface area contributed by atoms with E-state index in [0.717, 1.165) is 29.3 Å². The van der Waals surface area contributed by atoms with E-state index in [1.807, 2.05) is 38.1 Å². The highest BCUT2D eigenvalue weighted by Crippen LogP contribution is 2.34. The smallest absolute Gasteiger partial charge is 0.325 e. The number of esters is 1. The Bertz CT molecular complexity index is 887. The molecule has 0 aliphatic carbocycles. The standard InChI is InChI=1S/C20H23ClN2O4S/c1-12-6-5-7-13(2)23(12)16(24)11-27-17(25)10-22-20(26)19-18(21)14-8-3-4-9-15(14)28-19/h3-4,8-9,12-13H,5-7,10-11H2,1-2H3,(H,22,26)/t12-,13-/m0/s1. The predicted molar refractivity (Wildman–Crippen MR) is 110 cm³/mol. The van der Waals surface area contributed by atoms with Crippen LogP contribution in [0, 0.1) is 0 Å². The monoisotopic (exact) mass is 422 g/mol. The molecule has 2 aromatic rings. The summed E-state index contributed by atoms with van der Waals surface area (Å²) in [6.07, 6.45) is 3.00. The molecule has 2 amide bonds. The zero-order valence-electron chi connectivity index (χ0n) is 15.9. The van der Waals surface area contributed by atoms with Gasteiger partial charge in [0.15, 0.2) is 6.61 Å². The fraction of sp³-hybridized carbons (Fsp3) is 0.450. The number of likely N-dealkylation sites (tertiary alicyclic amines) is 1. The topological polar surface area (TPSA) is 75.7 Å². The first-order valence-corrected chi connectivity index (χ1v) is 10.5. The molecule has 1 fully saturated rings. The molecule has 0 bridgehead atoms. The fourth-order valence-electron chi connectivity index (χ4n) is 3.57. The first-order chi connectivity index (χ1) is 13.4. The van der Waals surface area contributed by atoms with Crippen molar-refractivity contribution in [2.24, 2.45) is 0 Å². The summed E-state index contributed by atoms with van der Waals surface area (Å²) in [6.45, 7) is 3.38. The number of fused-ring (bicyclic) bond motifs is 1. The van der Waals surface area contributed by atoms with Crippen molar-refractivity contribution in [3.05, 3.63) is 34.2 Å². The van der Waals surface area contributed by atoms with Crippen LogP contribution in [0.5, 0.6) is 0 Å². The van der Waals surface area contributed by atoms with Crippen molar-refractivity contribution in [3.8, 4) is 0 Å². The van der Waals surface area contributed by atoms with E-state index in [0.29, 0.717) is 9.90 Å². The summed E-state index contributed by atoms with van der Waals surface area (Å²) >= 11 is 7.53. The third-order valence-electron chi connectivity index (χ3n) is 4.97. The number of ether oxygens (including phenoxy) is 1. The molecule has 3 rings (SSSR count). The van der Waals surface area contributed by atoms with Gasteiger partial charge in [0.2, 0.25) is 0 Å². The first kappa shape index (κ1) is 20.6. The van der Waals surface area contributed by atoms with E-state index >= 15 is 0 Å². The van der Waals surface area contributed by atoms with Gasteiger partial charge in [0.1, 0.15) is 11.4 Å². The van der Waals surface area contributed by atoms with Crippen molar-refractivity contribution in [1.82, 2.24) is 10.2 Å². The lowest BCUT2D eigenvalue weighted by molar-refractivity contribution is -0.154. The minimum Gasteiger partial charge on any atom is -0.454 e. The SMILES string of the molecule is C[C@H]1CCC[C@H](C)N1C(=O)COC(=O)CNC(=O)c1sc2ccccc2c1Cl. The number of benzene rings is 1. The normalized spacial score (nSPS) is 19.5. The zero-order chi connectivity index (χ0) is 20.3. The number of thiophene rings is 1. The Morgan fingerprint density at radius 2 is 1.89 bits per heavy atom. The highest BCUT2D eigenvalue weighted by Gasteiger charge is 2.29. The average molecular weight is 423 g/mol. The molecule has 6 nitrogen and oxygen atoms in total. The fourth-order valence-corrected chi connectivity index (χ4v) is 5.01. The predicted octanol–water partition coefficient (Wildman–Crippen LogP) is 3.62. The van der Waals surface area contributed by atoms with Crippen molar-refractivity contribution in [3.63, 3.8) is 0 Å². The van der Waals surface area contributed by atoms with Gasteiger partial charge >= 0.3 is 5.97 Å². The number of nitrogens with one attached hydrogen (secondary N) is 1. The van der Waals surface area contributed by atoms with Crippen molar-refractivity contribution < 1.29 is 19.1 Å². The average Bonchev–Trinajstić information content (AvgIpc) is 3.01. The minimum atomic E-state index is -0.656. The molecule has 2 atom stereocenters. The van der Waals surface area contributed by atoms with Crippen molar-refractivity contribution >= 4 is 50.8 Å². The Labute approximate surface area is 172 Å². The maximum absolute atomic E-state index is 12.4. The molecule has 1 aliphatic heterocycles. The van der Waals surface area contributed by atoms with E-state index in [4.69, 9.17) is 16.3 Å². The third-order valence-corrected chi connectivity index (χ3v) is 6.65. The summed E-state index contributed by atoms with van der Waals surface area (Å²) in [5.41, 5.74) is 0. The molecule has 28 heavy (non-hydrogen) atoms. The lowest BCUT2D eigenvalue weighted by Gasteiger charge is -2.38. The van der Waals surface area contributed by atoms with E-state index in [2.05, 4.69) is 5.32 Å². The molecule has 1 aromatic carbocycles. The second kappa shape index (κ2) is 8.92. The van der Waals surface area contributed by atoms with Crippen LogP contribution in [0.4, 0.5) is 0 Å². The summed E-state index contributed by atoms with van der Waals surface area (Å²) in [5.74, 6) is -1.30. The van der Waals surface area contributed by atoms with Crippen LogP contribution in [0.1, 0.15) is 42.8 Å². The number of halogens is 1. The maximum Gasteiger partial charge on any atom is 0.325 e. The van der Waals surface area contributed by atoms with E-state index in [1.54, 1.807) is 4.90 Å². The summed E-state index contributed by atoms with van der Waals surface area (Å²) < 4.78 is 5.95. The maximum atomic E-state index is 12.4. The molecule has 0 saturated carbocycles. The molecular weight excluding hydrogens is 400 g/mol. The number of hydrogen-bond acceptors (Lipinski definition) is 5. The van der Waals surface area contributed by atoms with Gasteiger partial charge in [0.25, 0.3) is 11.8 Å². The highest BCUT2D eigenvalue weighted by molar-refractivity contribution is 7.21. The van der Waals surface area contributed by atoms with Crippen LogP contribution in [-0.2, 0) is 14.3 Å². The molecule has 1 aromatic heterocycles. The molecular formula is C20H23ClN2O4S. The van der Waals surface area contributed by atoms with Crippen LogP contribution in [0.3, 0.4) is 0 Å². The Morgan fingerprint density at radius 1 is 1.21 bits per heavy atom. The number of carbonyl (C=O) groups is 3. The molecule has 1 N–H and O–H groups in total. The van der Waals surface area contributed by atoms with Crippen molar-refractivity contribution in [1.29, 1.82) is 0 Å². The lowest BCUT2D eigenvalue weighted by atomic mass is 9.97. The van der Waals surface area contributed by atoms with Crippen LogP contribution in [0.15, 0.2) is 24.3 Å². The minimum absolute atomic E-state index is 0.143. The summed E-state index contributed by atoms with van der Waals surface area (Å²) in [6, 6.07) is 7.73. The van der Waals surface area contributed by atoms with Gasteiger partial charge in [-0.2, -0.15) is 0 Å². The number of amides is 2. The van der Waals surface area contributed by atoms with Gasteiger partial charge in [0.05, 0.1) is 5.02 Å². The Hall–Kier alpha value is -2.12. The number of nitrogens with zero attached hydrogens (tertiary/aromatic N) is 1. The molecule has 0 unspecified atom stereocenters. The summed E-state index contributed by atoms with van der Waals surface area (Å²) in [7, 11) is 0. The summed E-state index contributed by atoms with van der Waals surface area (Å²) in [4.78, 5) is 38.8. The van der Waals surface area contributed by atoms with Gasteiger partial charge in [-0.15, -0.1) is 11.3 Å². The van der Waals surface area contributed by atoms with Gasteiger partial charge < -0.3 is 15.0 Å². The summed E-state index contributed by atoms with van der Waals surface area (Å²) in [5, 5.41) is 3.68. The number of carbonyl (C=O) groups excluding carboxylic acids is 3. The zero-order valence-corrected chi connectivity index (χ0v) is 17.4. The molecule has 150 valence electrons. The molecule has 8 heteroatoms. The van der Waals surface area contributed by atoms with Gasteiger partial charge in [-0.05, 0) is 39.2 Å². The largest absolute Gasteiger partial charge is 0.454 e. The lowest BCUT2D eigenvalue weighted by Crippen LogP contribution is -2.49. The number of rotatable bonds is 5. The quantitative estimate of drug-likeness (QED) is 0.746. The van der Waals surface area contributed by atoms with Gasteiger partial charge in [0, 0.05) is 22.2 Å². The van der Waals surface area contributed by atoms with Gasteiger partial charge in [-0.1, -0.05) is 29.8 Å². The van der Waals surface area contributed by atoms with Crippen LogP contribution in [0.2, 0.25) is 5.02 Å². The van der Waals surface area contributed by atoms with Crippen LogP contribution >= 0.6 is 22.9 Å². The van der Waals surface area contributed by atoms with Crippen molar-refractivity contribution in [2.45, 2.75) is 45.2 Å². The second-order valence-electron chi connectivity index (χ2n) is 7.01. The molecule has 1 aliphatic rings. The van der Waals surface area contributed by atoms with Gasteiger partial charge in [-0.25, -0.2) is 0 Å². The third kappa shape index (κ3) is 4.47. The highest BCUT2D eigenvalue weighted by atomic mass is 35.5. The van der Waals surface area contributed by atoms with Gasteiger partial charge in [-0.3, -0.25) is 14.4 Å². The molecule has 1 saturated heterocycles. The van der Waals surface area contributed by atoms with Crippen LogP contribution in [-0.4, -0.2) is 47.9 Å². The molecule has 2 heterocycles. The molecule has 0 radical (unpaired) electrons. The van der Waals surface area contributed by atoms with Crippen molar-refractivity contribution in [2.75, 3.05) is 13.2 Å². The van der Waals surface area contributed by atoms with E-state index < -0.39 is 11.9 Å². The Morgan fingerprint density at radius 3 is 2.57 bits per heavy atom. The van der Waals surface area contributed by atoms with E-state index in [9.17, 15) is 14.4 Å². The first-order valence-electron chi connectivity index (χ1n) is 9.30. The van der Waals surface area contributed by atoms with Crippen LogP contribution < -0.4 is 5.32 Å². The second-order valence-corrected chi connectivity index (χ2v) is 8.44. The Kier molecular flexibility index (Phi) is 6.57. The van der Waals surface area contributed by atoms with E-state index in [1.165, 1.54) is 11.3 Å². The Balaban J connectivity index is 1.50. The van der Waals surface area contributed by atoms with E-state index in [-0.39, 0.29) is 31.1 Å². The number of piperidine rings is 1.